The molecule has 1 rings (SSSR count). The van der Waals surface area contributed by atoms with Crippen molar-refractivity contribution in [2.75, 3.05) is 12.9 Å². The molecule has 1 unspecified atom stereocenters. The Morgan fingerprint density at radius 3 is 2.67 bits per heavy atom. The van der Waals surface area contributed by atoms with Crippen molar-refractivity contribution in [1.82, 2.24) is 0 Å². The zero-order valence-corrected chi connectivity index (χ0v) is 7.30. The van der Waals surface area contributed by atoms with Crippen LogP contribution in [-0.4, -0.2) is 17.1 Å². The van der Waals surface area contributed by atoms with E-state index in [1.165, 1.54) is 18.6 Å². The molecule has 0 saturated carbocycles. The van der Waals surface area contributed by atoms with Gasteiger partial charge in [0, 0.05) is 7.11 Å². The Balaban J connectivity index is 2.37. The van der Waals surface area contributed by atoms with Crippen molar-refractivity contribution < 1.29 is 4.74 Å². The number of methoxy groups -OCH3 is 1. The van der Waals surface area contributed by atoms with E-state index in [9.17, 15) is 0 Å². The lowest BCUT2D eigenvalue weighted by Gasteiger charge is -2.29. The molecule has 9 heavy (non-hydrogen) atoms. The number of hydrogen-bond donors (Lipinski definition) is 1. The maximum atomic E-state index is 5.21. The topological polar surface area (TPSA) is 9.23 Å². The van der Waals surface area contributed by atoms with E-state index in [4.69, 9.17) is 4.74 Å². The highest BCUT2D eigenvalue weighted by Crippen LogP contribution is 2.39. The van der Waals surface area contributed by atoms with Gasteiger partial charge in [0.05, 0.1) is 0 Å². The third-order valence-corrected chi connectivity index (χ3v) is 3.64. The fourth-order valence-electron chi connectivity index (χ4n) is 0.915. The van der Waals surface area contributed by atoms with Crippen LogP contribution in [0.4, 0.5) is 0 Å². The zero-order valence-electron chi connectivity index (χ0n) is 5.59. The first kappa shape index (κ1) is 7.76. The summed E-state index contributed by atoms with van der Waals surface area (Å²) in [7, 11) is 1.73. The van der Waals surface area contributed by atoms with Crippen LogP contribution in [0, 0.1) is 0 Å². The van der Waals surface area contributed by atoms with Crippen LogP contribution >= 0.6 is 24.4 Å². The molecule has 3 heteroatoms. The van der Waals surface area contributed by atoms with Crippen LogP contribution in [-0.2, 0) is 4.74 Å². The van der Waals surface area contributed by atoms with E-state index in [-0.39, 0.29) is 4.27 Å². The summed E-state index contributed by atoms with van der Waals surface area (Å²) in [6.07, 6.45) is 3.65. The highest BCUT2D eigenvalue weighted by Gasteiger charge is 2.27. The molecule has 54 valence electrons. The van der Waals surface area contributed by atoms with Crippen molar-refractivity contribution >= 4 is 24.4 Å². The molecule has 1 saturated heterocycles. The summed E-state index contributed by atoms with van der Waals surface area (Å²) in [5.74, 6) is 1.19. The summed E-state index contributed by atoms with van der Waals surface area (Å²) in [4.78, 5) is 0. The normalized spacial score (nSPS) is 36.7. The Morgan fingerprint density at radius 2 is 2.33 bits per heavy atom. The average molecular weight is 164 g/mol. The molecule has 0 amide bonds. The van der Waals surface area contributed by atoms with E-state index in [2.05, 4.69) is 12.6 Å². The fourth-order valence-corrected chi connectivity index (χ4v) is 2.42. The Kier molecular flexibility index (Phi) is 2.73. The molecule has 1 fully saturated rings. The lowest BCUT2D eigenvalue weighted by atomic mass is 10.2. The van der Waals surface area contributed by atoms with Crippen molar-refractivity contribution in [2.45, 2.75) is 23.5 Å². The summed E-state index contributed by atoms with van der Waals surface area (Å²) in [5.41, 5.74) is 0. The van der Waals surface area contributed by atoms with Crippen LogP contribution < -0.4 is 0 Å². The van der Waals surface area contributed by atoms with E-state index in [0.29, 0.717) is 0 Å². The molecular weight excluding hydrogens is 152 g/mol. The molecule has 0 bridgehead atoms. The predicted molar refractivity (Wildman–Crippen MR) is 45.0 cm³/mol. The Morgan fingerprint density at radius 1 is 1.56 bits per heavy atom. The first-order valence-electron chi connectivity index (χ1n) is 3.18. The van der Waals surface area contributed by atoms with Crippen molar-refractivity contribution in [3.63, 3.8) is 0 Å². The molecule has 0 aromatic rings. The molecule has 1 nitrogen and oxygen atoms in total. The van der Waals surface area contributed by atoms with E-state index in [1.54, 1.807) is 7.11 Å². The van der Waals surface area contributed by atoms with E-state index in [1.807, 2.05) is 11.8 Å². The third kappa shape index (κ3) is 2.06. The largest absolute Gasteiger partial charge is 0.358 e. The number of hydrogen-bond acceptors (Lipinski definition) is 3. The van der Waals surface area contributed by atoms with Crippen LogP contribution in [0.15, 0.2) is 0 Å². The molecule has 1 aliphatic heterocycles. The average Bonchev–Trinajstić information content (AvgIpc) is 1.90. The highest BCUT2D eigenvalue weighted by atomic mass is 32.2. The lowest BCUT2D eigenvalue weighted by Crippen LogP contribution is -2.23. The van der Waals surface area contributed by atoms with E-state index >= 15 is 0 Å². The lowest BCUT2D eigenvalue weighted by molar-refractivity contribution is 0.135. The molecule has 1 heterocycles. The van der Waals surface area contributed by atoms with E-state index in [0.717, 1.165) is 6.42 Å². The second-order valence-corrected chi connectivity index (χ2v) is 4.60. The van der Waals surface area contributed by atoms with Gasteiger partial charge in [-0.25, -0.2) is 0 Å². The molecule has 1 aliphatic rings. The number of ether oxygens (including phenoxy) is 1. The Labute approximate surface area is 65.9 Å². The van der Waals surface area contributed by atoms with Gasteiger partial charge in [-0.1, -0.05) is 0 Å². The van der Waals surface area contributed by atoms with Gasteiger partial charge in [0.15, 0.2) is 4.27 Å². The van der Waals surface area contributed by atoms with Gasteiger partial charge >= 0.3 is 0 Å². The number of thioether (sulfide) groups is 1. The summed E-state index contributed by atoms with van der Waals surface area (Å²) < 4.78 is 5.04. The molecule has 0 N–H and O–H groups in total. The second-order valence-electron chi connectivity index (χ2n) is 2.22. The maximum Gasteiger partial charge on any atom is 0.157 e. The number of thiol groups is 1. The van der Waals surface area contributed by atoms with Crippen LogP contribution in [0.25, 0.3) is 0 Å². The molecule has 0 radical (unpaired) electrons. The van der Waals surface area contributed by atoms with Crippen LogP contribution in [0.5, 0.6) is 0 Å². The molecule has 1 atom stereocenters. The van der Waals surface area contributed by atoms with Crippen LogP contribution in [0.3, 0.4) is 0 Å². The van der Waals surface area contributed by atoms with Crippen molar-refractivity contribution in [2.24, 2.45) is 0 Å². The quantitative estimate of drug-likeness (QED) is 0.469. The van der Waals surface area contributed by atoms with Crippen molar-refractivity contribution in [3.8, 4) is 0 Å². The van der Waals surface area contributed by atoms with Crippen LogP contribution in [0.2, 0.25) is 0 Å². The van der Waals surface area contributed by atoms with Gasteiger partial charge in [0.25, 0.3) is 0 Å². The van der Waals surface area contributed by atoms with Crippen molar-refractivity contribution in [3.05, 3.63) is 0 Å². The minimum absolute atomic E-state index is 0.168. The first-order chi connectivity index (χ1) is 4.27. The SMILES string of the molecule is COC1(S)CCCCS1. The molecule has 0 aromatic carbocycles. The summed E-state index contributed by atoms with van der Waals surface area (Å²) in [6, 6.07) is 0. The number of rotatable bonds is 1. The summed E-state index contributed by atoms with van der Waals surface area (Å²) in [5, 5.41) is 0. The smallest absolute Gasteiger partial charge is 0.157 e. The van der Waals surface area contributed by atoms with Gasteiger partial charge < -0.3 is 4.74 Å². The van der Waals surface area contributed by atoms with Gasteiger partial charge in [-0.05, 0) is 25.0 Å². The standard InChI is InChI=1S/C6H12OS2/c1-7-6(8)4-2-3-5-9-6/h8H,2-5H2,1H3. The minimum Gasteiger partial charge on any atom is -0.358 e. The minimum atomic E-state index is -0.168. The summed E-state index contributed by atoms with van der Waals surface area (Å²) >= 11 is 6.20. The van der Waals surface area contributed by atoms with E-state index < -0.39 is 0 Å². The molecular formula is C6H12OS2. The van der Waals surface area contributed by atoms with Gasteiger partial charge in [0.1, 0.15) is 0 Å². The predicted octanol–water partition coefficient (Wildman–Crippen LogP) is 2.13. The van der Waals surface area contributed by atoms with Gasteiger partial charge in [-0.15, -0.1) is 24.4 Å². The maximum absolute atomic E-state index is 5.21. The first-order valence-corrected chi connectivity index (χ1v) is 4.62. The fraction of sp³-hybridized carbons (Fsp3) is 1.00. The second kappa shape index (κ2) is 3.17. The third-order valence-electron chi connectivity index (χ3n) is 1.53. The van der Waals surface area contributed by atoms with Crippen molar-refractivity contribution in [1.29, 1.82) is 0 Å². The molecule has 0 aromatic heterocycles. The summed E-state index contributed by atoms with van der Waals surface area (Å²) in [6.45, 7) is 0. The van der Waals surface area contributed by atoms with Gasteiger partial charge in [-0.2, -0.15) is 0 Å². The zero-order chi connectivity index (χ0) is 6.74. The van der Waals surface area contributed by atoms with Gasteiger partial charge in [-0.3, -0.25) is 0 Å². The monoisotopic (exact) mass is 164 g/mol. The van der Waals surface area contributed by atoms with Gasteiger partial charge in [0.2, 0.25) is 0 Å². The Hall–Kier alpha value is 0.660. The Bertz CT molecular complexity index is 89.1. The highest BCUT2D eigenvalue weighted by molar-refractivity contribution is 8.11. The van der Waals surface area contributed by atoms with Crippen LogP contribution in [0.1, 0.15) is 19.3 Å². The molecule has 0 aliphatic carbocycles. The molecule has 0 spiro atoms.